The molecule has 0 saturated heterocycles. The third-order valence-electron chi connectivity index (χ3n) is 3.61. The van der Waals surface area contributed by atoms with Crippen molar-refractivity contribution >= 4 is 27.5 Å². The van der Waals surface area contributed by atoms with E-state index < -0.39 is 0 Å². The van der Waals surface area contributed by atoms with Gasteiger partial charge in [0.05, 0.1) is 0 Å². The summed E-state index contributed by atoms with van der Waals surface area (Å²) in [5, 5.41) is 0.243. The summed E-state index contributed by atoms with van der Waals surface area (Å²) < 4.78 is 14.1. The molecule has 1 aromatic rings. The van der Waals surface area contributed by atoms with Crippen molar-refractivity contribution in [2.45, 2.75) is 43.9 Å². The third-order valence-corrected chi connectivity index (χ3v) is 4.96. The Morgan fingerprint density at radius 2 is 2.06 bits per heavy atom. The van der Waals surface area contributed by atoms with E-state index >= 15 is 0 Å². The molecule has 0 spiro atoms. The molecule has 1 unspecified atom stereocenters. The molecular formula is C14H17BrClF. The van der Waals surface area contributed by atoms with Crippen LogP contribution in [0.25, 0.3) is 0 Å². The van der Waals surface area contributed by atoms with Gasteiger partial charge >= 0.3 is 0 Å². The zero-order valence-electron chi connectivity index (χ0n) is 9.76. The number of aryl methyl sites for hydroxylation is 1. The summed E-state index contributed by atoms with van der Waals surface area (Å²) in [7, 11) is 0. The first-order valence-electron chi connectivity index (χ1n) is 6.25. The molecule has 1 fully saturated rings. The fraction of sp³-hybridized carbons (Fsp3) is 0.571. The fourth-order valence-electron chi connectivity index (χ4n) is 2.58. The molecule has 17 heavy (non-hydrogen) atoms. The van der Waals surface area contributed by atoms with Gasteiger partial charge in [0.15, 0.2) is 0 Å². The van der Waals surface area contributed by atoms with Crippen molar-refractivity contribution < 1.29 is 4.39 Å². The van der Waals surface area contributed by atoms with E-state index in [0.29, 0.717) is 5.92 Å². The van der Waals surface area contributed by atoms with Crippen LogP contribution in [-0.4, -0.2) is 5.38 Å². The number of hydrogen-bond acceptors (Lipinski definition) is 0. The first-order valence-corrected chi connectivity index (χ1v) is 7.48. The molecule has 2 rings (SSSR count). The number of alkyl halides is 1. The summed E-state index contributed by atoms with van der Waals surface area (Å²) in [4.78, 5) is 0. The van der Waals surface area contributed by atoms with Crippen molar-refractivity contribution in [2.24, 2.45) is 5.92 Å². The molecular weight excluding hydrogens is 303 g/mol. The van der Waals surface area contributed by atoms with Crippen LogP contribution in [0.1, 0.15) is 37.7 Å². The highest BCUT2D eigenvalue weighted by atomic mass is 79.9. The van der Waals surface area contributed by atoms with Crippen LogP contribution < -0.4 is 0 Å². The minimum atomic E-state index is -0.171. The van der Waals surface area contributed by atoms with Gasteiger partial charge in [-0.15, -0.1) is 11.6 Å². The van der Waals surface area contributed by atoms with Crippen LogP contribution in [0.5, 0.6) is 0 Å². The summed E-state index contributed by atoms with van der Waals surface area (Å²) in [5.41, 5.74) is 1.02. The standard InChI is InChI=1S/C14H17BrClF/c15-13-7-6-12(17)9-11(13)5-8-14(16)10-3-1-2-4-10/h6-7,9-10,14H,1-5,8H2. The highest BCUT2D eigenvalue weighted by Gasteiger charge is 2.23. The summed E-state index contributed by atoms with van der Waals surface area (Å²) >= 11 is 9.87. The SMILES string of the molecule is Fc1ccc(Br)c(CCC(Cl)C2CCCC2)c1. The molecule has 1 saturated carbocycles. The lowest BCUT2D eigenvalue weighted by Crippen LogP contribution is -2.12. The monoisotopic (exact) mass is 318 g/mol. The minimum Gasteiger partial charge on any atom is -0.207 e. The van der Waals surface area contributed by atoms with E-state index in [9.17, 15) is 4.39 Å². The normalized spacial score (nSPS) is 18.5. The van der Waals surface area contributed by atoms with Crippen molar-refractivity contribution in [1.82, 2.24) is 0 Å². The van der Waals surface area contributed by atoms with E-state index in [2.05, 4.69) is 15.9 Å². The Balaban J connectivity index is 1.90. The van der Waals surface area contributed by atoms with Crippen LogP contribution in [0.15, 0.2) is 22.7 Å². The van der Waals surface area contributed by atoms with E-state index in [4.69, 9.17) is 11.6 Å². The molecule has 1 aromatic carbocycles. The largest absolute Gasteiger partial charge is 0.207 e. The molecule has 3 heteroatoms. The molecule has 94 valence electrons. The highest BCUT2D eigenvalue weighted by molar-refractivity contribution is 9.10. The van der Waals surface area contributed by atoms with Gasteiger partial charge in [0.25, 0.3) is 0 Å². The zero-order chi connectivity index (χ0) is 12.3. The molecule has 1 atom stereocenters. The molecule has 0 N–H and O–H groups in total. The van der Waals surface area contributed by atoms with Crippen molar-refractivity contribution in [1.29, 1.82) is 0 Å². The third kappa shape index (κ3) is 3.69. The predicted octanol–water partition coefficient (Wildman–Crippen LogP) is 5.32. The number of halogens is 3. The summed E-state index contributed by atoms with van der Waals surface area (Å²) in [6.07, 6.45) is 6.95. The fourth-order valence-corrected chi connectivity index (χ4v) is 3.39. The lowest BCUT2D eigenvalue weighted by atomic mass is 9.98. The molecule has 0 nitrogen and oxygen atoms in total. The van der Waals surface area contributed by atoms with E-state index in [1.54, 1.807) is 12.1 Å². The Kier molecular flexibility index (Phi) is 4.87. The molecule has 0 bridgehead atoms. The molecule has 0 amide bonds. The minimum absolute atomic E-state index is 0.171. The Morgan fingerprint density at radius 1 is 1.35 bits per heavy atom. The zero-order valence-corrected chi connectivity index (χ0v) is 12.1. The van der Waals surface area contributed by atoms with E-state index in [1.807, 2.05) is 0 Å². The first kappa shape index (κ1) is 13.4. The summed E-state index contributed by atoms with van der Waals surface area (Å²) in [6, 6.07) is 4.84. The van der Waals surface area contributed by atoms with Gasteiger partial charge in [-0.1, -0.05) is 28.8 Å². The molecule has 1 aliphatic rings. The van der Waals surface area contributed by atoms with Gasteiger partial charge < -0.3 is 0 Å². The van der Waals surface area contributed by atoms with Gasteiger partial charge in [0, 0.05) is 9.85 Å². The van der Waals surface area contributed by atoms with Gasteiger partial charge in [-0.25, -0.2) is 4.39 Å². The molecule has 0 heterocycles. The second kappa shape index (κ2) is 6.19. The van der Waals surface area contributed by atoms with E-state index in [1.165, 1.54) is 31.7 Å². The Bertz CT molecular complexity index is 374. The molecule has 1 aliphatic carbocycles. The predicted molar refractivity (Wildman–Crippen MR) is 74.0 cm³/mol. The smallest absolute Gasteiger partial charge is 0.123 e. The van der Waals surface area contributed by atoms with Crippen LogP contribution in [0.2, 0.25) is 0 Å². The van der Waals surface area contributed by atoms with Crippen LogP contribution >= 0.6 is 27.5 Å². The highest BCUT2D eigenvalue weighted by Crippen LogP contribution is 2.33. The van der Waals surface area contributed by atoms with Gasteiger partial charge in [-0.05, 0) is 55.4 Å². The molecule has 0 radical (unpaired) electrons. The van der Waals surface area contributed by atoms with Crippen LogP contribution in [0, 0.1) is 11.7 Å². The van der Waals surface area contributed by atoms with E-state index in [-0.39, 0.29) is 11.2 Å². The molecule has 0 aromatic heterocycles. The number of rotatable bonds is 4. The first-order chi connectivity index (χ1) is 8.16. The second-order valence-electron chi connectivity index (χ2n) is 4.83. The average molecular weight is 320 g/mol. The Labute approximate surface area is 116 Å². The van der Waals surface area contributed by atoms with E-state index in [0.717, 1.165) is 22.9 Å². The Hall–Kier alpha value is -0.0800. The van der Waals surface area contributed by atoms with Crippen molar-refractivity contribution in [3.8, 4) is 0 Å². The number of benzene rings is 1. The summed E-state index contributed by atoms with van der Waals surface area (Å²) in [5.74, 6) is 0.499. The number of hydrogen-bond donors (Lipinski definition) is 0. The molecule has 0 aliphatic heterocycles. The van der Waals surface area contributed by atoms with Crippen molar-refractivity contribution in [3.05, 3.63) is 34.1 Å². The van der Waals surface area contributed by atoms with Gasteiger partial charge in [-0.3, -0.25) is 0 Å². The van der Waals surface area contributed by atoms with Crippen LogP contribution in [0.3, 0.4) is 0 Å². The van der Waals surface area contributed by atoms with Crippen LogP contribution in [-0.2, 0) is 6.42 Å². The maximum absolute atomic E-state index is 13.1. The van der Waals surface area contributed by atoms with Crippen LogP contribution in [0.4, 0.5) is 4.39 Å². The maximum Gasteiger partial charge on any atom is 0.123 e. The van der Waals surface area contributed by atoms with Gasteiger partial charge in [-0.2, -0.15) is 0 Å². The van der Waals surface area contributed by atoms with Gasteiger partial charge in [0.2, 0.25) is 0 Å². The second-order valence-corrected chi connectivity index (χ2v) is 6.25. The van der Waals surface area contributed by atoms with Crippen molar-refractivity contribution in [3.63, 3.8) is 0 Å². The average Bonchev–Trinajstić information content (AvgIpc) is 2.83. The quantitative estimate of drug-likeness (QED) is 0.659. The van der Waals surface area contributed by atoms with Crippen molar-refractivity contribution in [2.75, 3.05) is 0 Å². The lowest BCUT2D eigenvalue weighted by Gasteiger charge is -2.16. The maximum atomic E-state index is 13.1. The lowest BCUT2D eigenvalue weighted by molar-refractivity contribution is 0.492. The topological polar surface area (TPSA) is 0 Å². The van der Waals surface area contributed by atoms with Gasteiger partial charge in [0.1, 0.15) is 5.82 Å². The Morgan fingerprint density at radius 3 is 2.76 bits per heavy atom. The summed E-state index contributed by atoms with van der Waals surface area (Å²) in [6.45, 7) is 0.